The number of hydrogen-bond acceptors (Lipinski definition) is 4. The van der Waals surface area contributed by atoms with E-state index in [-0.39, 0.29) is 29.6 Å². The summed E-state index contributed by atoms with van der Waals surface area (Å²) < 4.78 is 48.5. The van der Waals surface area contributed by atoms with E-state index in [1.807, 2.05) is 28.8 Å². The minimum atomic E-state index is -3.02. The summed E-state index contributed by atoms with van der Waals surface area (Å²) >= 11 is 0. The molecule has 2 aliphatic heterocycles. The minimum Gasteiger partial charge on any atom is -0.434 e. The maximum Gasteiger partial charge on any atom is 0.387 e. The van der Waals surface area contributed by atoms with Gasteiger partial charge in [-0.15, -0.1) is 0 Å². The number of carbonyl (C=O) groups excluding carboxylic acids is 1. The molecule has 0 unspecified atom stereocenters. The first-order chi connectivity index (χ1) is 17.8. The van der Waals surface area contributed by atoms with Crippen molar-refractivity contribution in [1.29, 1.82) is 0 Å². The van der Waals surface area contributed by atoms with Crippen molar-refractivity contribution in [2.45, 2.75) is 44.0 Å². The fraction of sp³-hybridized carbons (Fsp3) is 0.286. The smallest absolute Gasteiger partial charge is 0.387 e. The molecule has 2 bridgehead atoms. The lowest BCUT2D eigenvalue weighted by Crippen LogP contribution is -2.30. The second kappa shape index (κ2) is 7.82. The molecule has 6 nitrogen and oxygen atoms in total. The highest BCUT2D eigenvalue weighted by molar-refractivity contribution is 5.98. The third kappa shape index (κ3) is 3.16. The summed E-state index contributed by atoms with van der Waals surface area (Å²) in [5, 5.41) is 0. The van der Waals surface area contributed by atoms with E-state index in [1.54, 1.807) is 24.1 Å². The van der Waals surface area contributed by atoms with Crippen molar-refractivity contribution < 1.29 is 22.7 Å². The number of rotatable bonds is 3. The van der Waals surface area contributed by atoms with Crippen LogP contribution < -0.4 is 10.5 Å². The van der Waals surface area contributed by atoms with E-state index in [0.717, 1.165) is 35.0 Å². The summed E-state index contributed by atoms with van der Waals surface area (Å²) in [7, 11) is 1.71. The number of carbonyl (C=O) groups is 1. The largest absolute Gasteiger partial charge is 0.434 e. The number of fused-ring (bicyclic) bond motifs is 10. The van der Waals surface area contributed by atoms with Gasteiger partial charge in [0, 0.05) is 36.2 Å². The Kier molecular flexibility index (Phi) is 4.73. The highest BCUT2D eigenvalue weighted by atomic mass is 19.3. The van der Waals surface area contributed by atoms with Crippen LogP contribution in [0, 0.1) is 5.82 Å². The summed E-state index contributed by atoms with van der Waals surface area (Å²) in [6.45, 7) is -3.02. The van der Waals surface area contributed by atoms with E-state index in [4.69, 9.17) is 15.5 Å². The van der Waals surface area contributed by atoms with Crippen LogP contribution in [0.3, 0.4) is 0 Å². The van der Waals surface area contributed by atoms with Gasteiger partial charge < -0.3 is 19.9 Å². The van der Waals surface area contributed by atoms with Crippen LogP contribution in [-0.2, 0) is 6.42 Å². The molecule has 188 valence electrons. The van der Waals surface area contributed by atoms with Crippen molar-refractivity contribution in [3.05, 3.63) is 82.4 Å². The lowest BCUT2D eigenvalue weighted by molar-refractivity contribution is -0.0507. The first-order valence-electron chi connectivity index (χ1n) is 12.3. The number of aromatic nitrogens is 2. The molecule has 0 saturated carbocycles. The van der Waals surface area contributed by atoms with Gasteiger partial charge in [-0.05, 0) is 59.9 Å². The van der Waals surface area contributed by atoms with Crippen LogP contribution in [0.15, 0.2) is 48.5 Å². The summed E-state index contributed by atoms with van der Waals surface area (Å²) in [6, 6.07) is 12.9. The Morgan fingerprint density at radius 1 is 1.08 bits per heavy atom. The lowest BCUT2D eigenvalue weighted by atomic mass is 9.97. The molecule has 2 N–H and O–H groups in total. The predicted molar refractivity (Wildman–Crippen MR) is 131 cm³/mol. The van der Waals surface area contributed by atoms with Gasteiger partial charge in [-0.2, -0.15) is 8.78 Å². The average Bonchev–Trinajstić information content (AvgIpc) is 3.52. The molecule has 4 aromatic rings. The van der Waals surface area contributed by atoms with Gasteiger partial charge in [0.2, 0.25) is 0 Å². The van der Waals surface area contributed by atoms with Crippen molar-refractivity contribution >= 4 is 16.9 Å². The standard InChI is InChI=1S/C28H23F3N4O2/c1-34-22-12-21(25-16(27(34)36)3-2-4-23(25)37-28(30)31)35-20-11-13(6-8-19(20)33-26(22)35)15-9-14-5-7-18(32)24(14)17(29)10-15/h2-4,6,8-11,18,21-22,28H,5,7,12,32H2,1H3/t18-,21+,22+/m0/s1. The minimum absolute atomic E-state index is 0.0113. The third-order valence-corrected chi connectivity index (χ3v) is 8.05. The highest BCUT2D eigenvalue weighted by Crippen LogP contribution is 2.50. The van der Waals surface area contributed by atoms with Crippen LogP contribution in [0.4, 0.5) is 13.2 Å². The monoisotopic (exact) mass is 504 g/mol. The number of nitrogens with zero attached hydrogens (tertiary/aromatic N) is 3. The first kappa shape index (κ1) is 22.4. The molecule has 0 spiro atoms. The van der Waals surface area contributed by atoms with Crippen molar-refractivity contribution in [3.8, 4) is 16.9 Å². The molecule has 0 fully saturated rings. The Morgan fingerprint density at radius 3 is 2.73 bits per heavy atom. The average molecular weight is 505 g/mol. The Labute approximate surface area is 210 Å². The zero-order valence-corrected chi connectivity index (χ0v) is 19.9. The molecular weight excluding hydrogens is 481 g/mol. The second-order valence-corrected chi connectivity index (χ2v) is 10.00. The molecular formula is C28H23F3N4O2. The number of alkyl halides is 2. The number of ether oxygens (including phenoxy) is 1. The van der Waals surface area contributed by atoms with Crippen molar-refractivity contribution in [3.63, 3.8) is 0 Å². The van der Waals surface area contributed by atoms with E-state index in [9.17, 15) is 18.0 Å². The zero-order valence-electron chi connectivity index (χ0n) is 19.9. The van der Waals surface area contributed by atoms with Gasteiger partial charge in [-0.1, -0.05) is 18.2 Å². The molecule has 7 rings (SSSR count). The van der Waals surface area contributed by atoms with Crippen LogP contribution in [0.1, 0.15) is 63.8 Å². The SMILES string of the molecule is CN1C(=O)c2cccc(OC(F)F)c2[C@H]2C[C@@H]1c1nc3ccc(-c4cc(F)c5c(c4)CC[C@@H]5N)cc3n12. The number of nitrogens with two attached hydrogens (primary N) is 1. The molecule has 3 aromatic carbocycles. The Balaban J connectivity index is 1.42. The number of hydrogen-bond donors (Lipinski definition) is 1. The Bertz CT molecular complexity index is 1620. The molecule has 1 aromatic heterocycles. The van der Waals surface area contributed by atoms with E-state index in [1.165, 1.54) is 12.1 Å². The van der Waals surface area contributed by atoms with Crippen molar-refractivity contribution in [2.75, 3.05) is 7.05 Å². The number of imidazole rings is 1. The topological polar surface area (TPSA) is 73.4 Å². The third-order valence-electron chi connectivity index (χ3n) is 8.05. The van der Waals surface area contributed by atoms with E-state index >= 15 is 0 Å². The van der Waals surface area contributed by atoms with Gasteiger partial charge in [0.25, 0.3) is 5.91 Å². The number of amides is 1. The Hall–Kier alpha value is -3.85. The van der Waals surface area contributed by atoms with Crippen molar-refractivity contribution in [2.24, 2.45) is 5.73 Å². The van der Waals surface area contributed by atoms with Gasteiger partial charge in [-0.25, -0.2) is 9.37 Å². The van der Waals surface area contributed by atoms with E-state index in [0.29, 0.717) is 34.5 Å². The van der Waals surface area contributed by atoms with Gasteiger partial charge >= 0.3 is 6.61 Å². The van der Waals surface area contributed by atoms with Gasteiger partial charge in [-0.3, -0.25) is 4.79 Å². The Morgan fingerprint density at radius 2 is 1.92 bits per heavy atom. The number of benzene rings is 3. The molecule has 0 saturated heterocycles. The molecule has 3 heterocycles. The van der Waals surface area contributed by atoms with Crippen LogP contribution >= 0.6 is 0 Å². The van der Waals surface area contributed by atoms with E-state index < -0.39 is 12.7 Å². The maximum atomic E-state index is 15.0. The number of aryl methyl sites for hydroxylation is 1. The lowest BCUT2D eigenvalue weighted by Gasteiger charge is -2.24. The second-order valence-electron chi connectivity index (χ2n) is 10.00. The van der Waals surface area contributed by atoms with E-state index in [2.05, 4.69) is 0 Å². The summed E-state index contributed by atoms with van der Waals surface area (Å²) in [5.41, 5.74) is 11.5. The molecule has 1 amide bonds. The summed E-state index contributed by atoms with van der Waals surface area (Å²) in [4.78, 5) is 19.7. The predicted octanol–water partition coefficient (Wildman–Crippen LogP) is 5.51. The first-order valence-corrected chi connectivity index (χ1v) is 12.3. The molecule has 9 heteroatoms. The molecule has 3 aliphatic rings. The van der Waals surface area contributed by atoms with Crippen LogP contribution in [0.5, 0.6) is 5.75 Å². The van der Waals surface area contributed by atoms with Crippen LogP contribution in [0.2, 0.25) is 0 Å². The summed E-state index contributed by atoms with van der Waals surface area (Å²) in [6.07, 6.45) is 1.95. The van der Waals surface area contributed by atoms with Crippen LogP contribution in [-0.4, -0.2) is 34.0 Å². The normalized spacial score (nSPS) is 21.8. The molecule has 37 heavy (non-hydrogen) atoms. The summed E-state index contributed by atoms with van der Waals surface area (Å²) in [5.74, 6) is 0.124. The fourth-order valence-corrected chi connectivity index (χ4v) is 6.38. The zero-order chi connectivity index (χ0) is 25.6. The maximum absolute atomic E-state index is 15.0. The highest BCUT2D eigenvalue weighted by Gasteiger charge is 2.45. The quantitative estimate of drug-likeness (QED) is 0.399. The van der Waals surface area contributed by atoms with Crippen LogP contribution in [0.25, 0.3) is 22.2 Å². The number of halogens is 3. The van der Waals surface area contributed by atoms with Gasteiger partial charge in [0.15, 0.2) is 0 Å². The van der Waals surface area contributed by atoms with Crippen molar-refractivity contribution in [1.82, 2.24) is 14.5 Å². The fourth-order valence-electron chi connectivity index (χ4n) is 6.38. The van der Waals surface area contributed by atoms with Gasteiger partial charge in [0.05, 0.1) is 23.1 Å². The molecule has 0 radical (unpaired) electrons. The molecule has 1 aliphatic carbocycles. The molecule has 3 atom stereocenters. The van der Waals surface area contributed by atoms with Gasteiger partial charge in [0.1, 0.15) is 17.4 Å².